The Morgan fingerprint density at radius 1 is 1.07 bits per heavy atom. The van der Waals surface area contributed by atoms with E-state index < -0.39 is 33.8 Å². The van der Waals surface area contributed by atoms with Crippen LogP contribution in [0, 0.1) is 5.82 Å². The summed E-state index contributed by atoms with van der Waals surface area (Å²) in [7, 11) is 0. The van der Waals surface area contributed by atoms with Crippen molar-refractivity contribution >= 4 is 28.3 Å². The van der Waals surface area contributed by atoms with Gasteiger partial charge in [-0.25, -0.2) is 4.39 Å². The van der Waals surface area contributed by atoms with Gasteiger partial charge in [0.15, 0.2) is 5.82 Å². The van der Waals surface area contributed by atoms with Gasteiger partial charge in [0.2, 0.25) is 0 Å². The summed E-state index contributed by atoms with van der Waals surface area (Å²) >= 11 is 5.93. The average molecular weight is 577 g/mol. The molecule has 2 unspecified atom stereocenters. The maximum atomic E-state index is 16.2. The maximum absolute atomic E-state index is 16.2. The van der Waals surface area contributed by atoms with Gasteiger partial charge in [0.25, 0.3) is 0 Å². The smallest absolute Gasteiger partial charge is 0.418 e. The molecule has 0 spiro atoms. The highest BCUT2D eigenvalue weighted by Gasteiger charge is 2.45. The third kappa shape index (κ3) is 4.37. The lowest BCUT2D eigenvalue weighted by Crippen LogP contribution is -2.51. The van der Waals surface area contributed by atoms with Gasteiger partial charge in [0.05, 0.1) is 21.5 Å². The van der Waals surface area contributed by atoms with Gasteiger partial charge in [-0.2, -0.15) is 23.1 Å². The van der Waals surface area contributed by atoms with Crippen LogP contribution >= 0.6 is 11.6 Å². The third-order valence-corrected chi connectivity index (χ3v) is 9.31. The molecule has 4 fully saturated rings. The number of hydrogen-bond acceptors (Lipinski definition) is 7. The molecule has 4 aliphatic heterocycles. The van der Waals surface area contributed by atoms with Crippen LogP contribution in [0.2, 0.25) is 5.02 Å². The van der Waals surface area contributed by atoms with E-state index in [2.05, 4.69) is 25.1 Å². The number of anilines is 1. The summed E-state index contributed by atoms with van der Waals surface area (Å²) in [6.07, 6.45) is 2.89. The van der Waals surface area contributed by atoms with Crippen LogP contribution in [-0.2, 0) is 6.18 Å². The van der Waals surface area contributed by atoms with Crippen LogP contribution in [0.1, 0.15) is 44.1 Å². The number of benzene rings is 1. The zero-order valence-corrected chi connectivity index (χ0v) is 22.5. The van der Waals surface area contributed by atoms with Crippen LogP contribution in [0.3, 0.4) is 0 Å². The van der Waals surface area contributed by atoms with Crippen LogP contribution in [0.25, 0.3) is 22.2 Å². The number of fused-ring (bicyclic) bond motifs is 4. The minimum Gasteiger partial charge on any atom is -0.461 e. The highest BCUT2D eigenvalue weighted by molar-refractivity contribution is 6.31. The van der Waals surface area contributed by atoms with Crippen LogP contribution in [0.15, 0.2) is 24.4 Å². The van der Waals surface area contributed by atoms with E-state index in [0.717, 1.165) is 57.7 Å². The Balaban J connectivity index is 1.34. The molecule has 2 bridgehead atoms. The summed E-state index contributed by atoms with van der Waals surface area (Å²) in [5.74, 6) is -0.468. The lowest BCUT2D eigenvalue weighted by Gasteiger charge is -2.34. The minimum atomic E-state index is -4.80. The molecule has 4 saturated heterocycles. The quantitative estimate of drug-likeness (QED) is 0.405. The van der Waals surface area contributed by atoms with Crippen LogP contribution < -0.4 is 15.0 Å². The van der Waals surface area contributed by atoms with Crippen molar-refractivity contribution in [2.45, 2.75) is 62.3 Å². The number of nitrogens with one attached hydrogen (secondary N) is 1. The topological polar surface area (TPSA) is 66.4 Å². The summed E-state index contributed by atoms with van der Waals surface area (Å²) in [5, 5.41) is 3.39. The largest absolute Gasteiger partial charge is 0.461 e. The number of halogens is 5. The Labute approximate surface area is 233 Å². The van der Waals surface area contributed by atoms with Gasteiger partial charge in [-0.15, -0.1) is 0 Å². The summed E-state index contributed by atoms with van der Waals surface area (Å²) in [4.78, 5) is 17.9. The Morgan fingerprint density at radius 2 is 1.80 bits per heavy atom. The zero-order valence-electron chi connectivity index (χ0n) is 21.8. The summed E-state index contributed by atoms with van der Waals surface area (Å²) in [6, 6.07) is 4.26. The van der Waals surface area contributed by atoms with Crippen molar-refractivity contribution in [1.29, 1.82) is 0 Å². The first-order chi connectivity index (χ1) is 19.2. The molecule has 12 heteroatoms. The Hall–Kier alpha value is -2.76. The Kier molecular flexibility index (Phi) is 6.32. The maximum Gasteiger partial charge on any atom is 0.418 e. The Bertz CT molecular complexity index is 1450. The zero-order chi connectivity index (χ0) is 27.6. The Morgan fingerprint density at radius 3 is 2.50 bits per heavy atom. The van der Waals surface area contributed by atoms with Gasteiger partial charge in [0, 0.05) is 36.9 Å². The van der Waals surface area contributed by atoms with E-state index >= 15 is 4.39 Å². The van der Waals surface area contributed by atoms with Crippen molar-refractivity contribution < 1.29 is 22.3 Å². The number of pyridine rings is 1. The second-order valence-electron chi connectivity index (χ2n) is 11.4. The highest BCUT2D eigenvalue weighted by Crippen LogP contribution is 2.43. The van der Waals surface area contributed by atoms with E-state index in [1.165, 1.54) is 18.3 Å². The second kappa shape index (κ2) is 9.66. The predicted octanol–water partition coefficient (Wildman–Crippen LogP) is 5.45. The van der Waals surface area contributed by atoms with Crippen LogP contribution in [0.5, 0.6) is 6.01 Å². The monoisotopic (exact) mass is 576 g/mol. The molecule has 1 N–H and O–H groups in total. The van der Waals surface area contributed by atoms with Gasteiger partial charge < -0.3 is 15.0 Å². The number of alkyl halides is 3. The molecule has 2 aromatic heterocycles. The van der Waals surface area contributed by atoms with Crippen LogP contribution in [0.4, 0.5) is 23.4 Å². The number of nitrogens with zero attached hydrogens (tertiary/aromatic N) is 5. The SMILES string of the molecule is Fc1c(-c2cccc(Cl)c2C(F)(F)F)ncc2c(N3CC4CCC(C3)N4)nc(OCC34CCCN3CCC4)nc12. The molecular formula is C28H29ClF4N6O. The van der Waals surface area contributed by atoms with Gasteiger partial charge in [-0.1, -0.05) is 23.7 Å². The number of ether oxygens (including phenoxy) is 1. The van der Waals surface area contributed by atoms with Gasteiger partial charge >= 0.3 is 12.2 Å². The molecule has 4 aliphatic rings. The minimum absolute atomic E-state index is 0.0275. The first kappa shape index (κ1) is 26.2. The lowest BCUT2D eigenvalue weighted by molar-refractivity contribution is -0.137. The first-order valence-electron chi connectivity index (χ1n) is 13.8. The normalized spacial score (nSPS) is 24.2. The third-order valence-electron chi connectivity index (χ3n) is 8.99. The van der Waals surface area contributed by atoms with E-state index in [4.69, 9.17) is 21.3 Å². The molecule has 0 aliphatic carbocycles. The molecule has 7 rings (SSSR count). The first-order valence-corrected chi connectivity index (χ1v) is 14.2. The molecule has 0 saturated carbocycles. The summed E-state index contributed by atoms with van der Waals surface area (Å²) in [6.45, 7) is 3.80. The molecule has 2 atom stereocenters. The molecule has 0 amide bonds. The molecule has 3 aromatic rings. The fourth-order valence-electron chi connectivity index (χ4n) is 7.15. The van der Waals surface area contributed by atoms with Crippen molar-refractivity contribution in [3.8, 4) is 17.3 Å². The molecular weight excluding hydrogens is 548 g/mol. The van der Waals surface area contributed by atoms with Crippen molar-refractivity contribution in [3.05, 3.63) is 40.8 Å². The fourth-order valence-corrected chi connectivity index (χ4v) is 7.44. The number of hydrogen-bond donors (Lipinski definition) is 1. The lowest BCUT2D eigenvalue weighted by atomic mass is 9.95. The van der Waals surface area contributed by atoms with E-state index in [1.54, 1.807) is 0 Å². The van der Waals surface area contributed by atoms with E-state index in [0.29, 0.717) is 30.9 Å². The number of rotatable bonds is 5. The molecule has 0 radical (unpaired) electrons. The molecule has 212 valence electrons. The second-order valence-corrected chi connectivity index (χ2v) is 11.8. The fraction of sp³-hybridized carbons (Fsp3) is 0.536. The molecule has 7 nitrogen and oxygen atoms in total. The van der Waals surface area contributed by atoms with Crippen molar-refractivity contribution in [1.82, 2.24) is 25.2 Å². The van der Waals surface area contributed by atoms with Crippen molar-refractivity contribution in [2.75, 3.05) is 37.7 Å². The summed E-state index contributed by atoms with van der Waals surface area (Å²) in [5.41, 5.74) is -2.22. The number of aromatic nitrogens is 3. The van der Waals surface area contributed by atoms with E-state index in [-0.39, 0.29) is 29.1 Å². The molecule has 6 heterocycles. The van der Waals surface area contributed by atoms with E-state index in [1.807, 2.05) is 0 Å². The number of piperazine rings is 1. The summed E-state index contributed by atoms with van der Waals surface area (Å²) < 4.78 is 64.3. The van der Waals surface area contributed by atoms with Gasteiger partial charge in [0.1, 0.15) is 23.6 Å². The van der Waals surface area contributed by atoms with Gasteiger partial charge in [-0.3, -0.25) is 9.88 Å². The average Bonchev–Trinajstić information content (AvgIpc) is 3.60. The van der Waals surface area contributed by atoms with Crippen molar-refractivity contribution in [3.63, 3.8) is 0 Å². The van der Waals surface area contributed by atoms with E-state index in [9.17, 15) is 13.2 Å². The van der Waals surface area contributed by atoms with Crippen LogP contribution in [-0.4, -0.2) is 70.3 Å². The molecule has 1 aromatic carbocycles. The molecule has 40 heavy (non-hydrogen) atoms. The standard InChI is InChI=1S/C28H29ClF4N6O/c29-20-5-1-4-18(21(20)28(31,32)33)23-22(30)24-19(12-34-23)25(38-13-16-6-7-17(14-38)35-16)37-26(36-24)40-15-27-8-2-10-39(27)11-3-9-27/h1,4-5,12,16-17,35H,2-3,6-11,13-15H2. The van der Waals surface area contributed by atoms with Gasteiger partial charge in [-0.05, 0) is 57.7 Å². The predicted molar refractivity (Wildman–Crippen MR) is 143 cm³/mol. The highest BCUT2D eigenvalue weighted by atomic mass is 35.5. The van der Waals surface area contributed by atoms with Crippen molar-refractivity contribution in [2.24, 2.45) is 0 Å².